The molecule has 0 saturated carbocycles. The van der Waals surface area contributed by atoms with Crippen molar-refractivity contribution in [3.05, 3.63) is 194 Å². The predicted molar refractivity (Wildman–Crippen MR) is 211 cm³/mol. The van der Waals surface area contributed by atoms with Gasteiger partial charge in [0.15, 0.2) is 0 Å². The Morgan fingerprint density at radius 3 is 1.26 bits per heavy atom. The lowest BCUT2D eigenvalue weighted by molar-refractivity contribution is 1.17. The van der Waals surface area contributed by atoms with Gasteiger partial charge in [-0.25, -0.2) is 0 Å². The molecule has 0 spiro atoms. The van der Waals surface area contributed by atoms with E-state index in [4.69, 9.17) is 0 Å². The zero-order valence-electron chi connectivity index (χ0n) is 27.4. The Hall–Kier alpha value is -6.64. The Morgan fingerprint density at radius 2 is 0.700 bits per heavy atom. The molecule has 0 N–H and O–H groups in total. The van der Waals surface area contributed by atoms with Gasteiger partial charge >= 0.3 is 0 Å². The number of rotatable bonds is 5. The maximum Gasteiger partial charge on any atom is 0.0541 e. The normalized spacial score (nSPS) is 11.6. The summed E-state index contributed by atoms with van der Waals surface area (Å²) in [6.45, 7) is 0. The number of nitrogens with zero attached hydrogens (tertiary/aromatic N) is 2. The quantitative estimate of drug-likeness (QED) is 0.178. The van der Waals surface area contributed by atoms with Crippen molar-refractivity contribution in [1.29, 1.82) is 0 Å². The second-order valence-electron chi connectivity index (χ2n) is 13.0. The van der Waals surface area contributed by atoms with Gasteiger partial charge < -0.3 is 9.13 Å². The summed E-state index contributed by atoms with van der Waals surface area (Å²) in [7, 11) is 0. The second-order valence-corrected chi connectivity index (χ2v) is 13.0. The van der Waals surface area contributed by atoms with Crippen LogP contribution in [0.3, 0.4) is 0 Å². The monoisotopic (exact) mass is 636 g/mol. The molecular weight excluding hydrogens is 605 g/mol. The zero-order valence-corrected chi connectivity index (χ0v) is 27.4. The van der Waals surface area contributed by atoms with Gasteiger partial charge in [-0.15, -0.1) is 0 Å². The molecule has 50 heavy (non-hydrogen) atoms. The van der Waals surface area contributed by atoms with Crippen LogP contribution in [0.15, 0.2) is 194 Å². The summed E-state index contributed by atoms with van der Waals surface area (Å²) >= 11 is 0. The van der Waals surface area contributed by atoms with Crippen LogP contribution in [0.4, 0.5) is 0 Å². The fourth-order valence-corrected chi connectivity index (χ4v) is 7.81. The molecule has 2 nitrogen and oxygen atoms in total. The van der Waals surface area contributed by atoms with Crippen molar-refractivity contribution in [3.63, 3.8) is 0 Å². The average molecular weight is 637 g/mol. The third-order valence-corrected chi connectivity index (χ3v) is 10.1. The largest absolute Gasteiger partial charge is 0.309 e. The highest BCUT2D eigenvalue weighted by atomic mass is 15.0. The van der Waals surface area contributed by atoms with Crippen molar-refractivity contribution in [1.82, 2.24) is 9.13 Å². The molecular formula is C48H32N2. The minimum absolute atomic E-state index is 1.15. The average Bonchev–Trinajstić information content (AvgIpc) is 3.71. The van der Waals surface area contributed by atoms with E-state index >= 15 is 0 Å². The fourth-order valence-electron chi connectivity index (χ4n) is 7.81. The van der Waals surface area contributed by atoms with Gasteiger partial charge in [0.05, 0.1) is 27.8 Å². The Balaban J connectivity index is 1.16. The molecule has 0 radical (unpaired) electrons. The van der Waals surface area contributed by atoms with Gasteiger partial charge in [0.25, 0.3) is 0 Å². The first-order chi connectivity index (χ1) is 24.8. The Kier molecular flexibility index (Phi) is 6.53. The SMILES string of the molecule is c1ccc(-c2ccc3c(c2)c2cc(-c4ccccc4)ccc2n3-c2ccccc2-c2ccc(-n3c4ccccc4c4ccccc43)cc2)cc1. The van der Waals surface area contributed by atoms with E-state index in [0.717, 1.165) is 11.4 Å². The summed E-state index contributed by atoms with van der Waals surface area (Å²) in [4.78, 5) is 0. The second kappa shape index (κ2) is 11.5. The van der Waals surface area contributed by atoms with Crippen LogP contribution in [-0.4, -0.2) is 9.13 Å². The topological polar surface area (TPSA) is 9.86 Å². The summed E-state index contributed by atoms with van der Waals surface area (Å²) in [6, 6.07) is 70.4. The molecule has 0 aliphatic rings. The van der Waals surface area contributed by atoms with Crippen LogP contribution in [0.1, 0.15) is 0 Å². The first kappa shape index (κ1) is 28.4. The molecule has 2 aromatic heterocycles. The first-order valence-corrected chi connectivity index (χ1v) is 17.2. The van der Waals surface area contributed by atoms with Gasteiger partial charge in [-0.05, 0) is 82.4 Å². The van der Waals surface area contributed by atoms with E-state index in [9.17, 15) is 0 Å². The summed E-state index contributed by atoms with van der Waals surface area (Å²) in [5.74, 6) is 0. The van der Waals surface area contributed by atoms with Gasteiger partial charge in [-0.2, -0.15) is 0 Å². The van der Waals surface area contributed by atoms with Crippen molar-refractivity contribution in [3.8, 4) is 44.8 Å². The van der Waals surface area contributed by atoms with E-state index in [2.05, 4.69) is 203 Å². The van der Waals surface area contributed by atoms with Crippen LogP contribution in [0.25, 0.3) is 88.4 Å². The fraction of sp³-hybridized carbons (Fsp3) is 0. The lowest BCUT2D eigenvalue weighted by Crippen LogP contribution is -1.98. The highest BCUT2D eigenvalue weighted by Crippen LogP contribution is 2.40. The predicted octanol–water partition coefficient (Wildman–Crippen LogP) is 12.9. The van der Waals surface area contributed by atoms with Crippen LogP contribution >= 0.6 is 0 Å². The molecule has 0 atom stereocenters. The molecule has 10 aromatic rings. The highest BCUT2D eigenvalue weighted by Gasteiger charge is 2.18. The van der Waals surface area contributed by atoms with Crippen molar-refractivity contribution in [2.75, 3.05) is 0 Å². The van der Waals surface area contributed by atoms with Crippen LogP contribution in [-0.2, 0) is 0 Å². The number of fused-ring (bicyclic) bond motifs is 6. The Morgan fingerprint density at radius 1 is 0.260 bits per heavy atom. The van der Waals surface area contributed by atoms with Crippen molar-refractivity contribution >= 4 is 43.6 Å². The van der Waals surface area contributed by atoms with Crippen LogP contribution in [0, 0.1) is 0 Å². The highest BCUT2D eigenvalue weighted by molar-refractivity contribution is 6.12. The zero-order chi connectivity index (χ0) is 33.0. The van der Waals surface area contributed by atoms with E-state index in [1.165, 1.54) is 77.0 Å². The van der Waals surface area contributed by atoms with Gasteiger partial charge in [-0.3, -0.25) is 0 Å². The number of benzene rings is 8. The molecule has 8 aromatic carbocycles. The van der Waals surface area contributed by atoms with E-state index < -0.39 is 0 Å². The minimum Gasteiger partial charge on any atom is -0.309 e. The molecule has 0 aliphatic heterocycles. The summed E-state index contributed by atoms with van der Waals surface area (Å²) < 4.78 is 4.83. The van der Waals surface area contributed by atoms with Gasteiger partial charge in [0, 0.05) is 32.8 Å². The smallest absolute Gasteiger partial charge is 0.0541 e. The number of aromatic nitrogens is 2. The molecule has 0 bridgehead atoms. The molecule has 0 aliphatic carbocycles. The van der Waals surface area contributed by atoms with Crippen molar-refractivity contribution in [2.45, 2.75) is 0 Å². The molecule has 2 heteroatoms. The molecule has 0 unspecified atom stereocenters. The number of hydrogen-bond acceptors (Lipinski definition) is 0. The third-order valence-electron chi connectivity index (χ3n) is 10.1. The summed E-state index contributed by atoms with van der Waals surface area (Å²) in [5, 5.41) is 5.04. The lowest BCUT2D eigenvalue weighted by atomic mass is 10.0. The first-order valence-electron chi connectivity index (χ1n) is 17.2. The molecule has 0 fully saturated rings. The van der Waals surface area contributed by atoms with E-state index in [0.29, 0.717) is 0 Å². The third kappa shape index (κ3) is 4.50. The van der Waals surface area contributed by atoms with Crippen molar-refractivity contribution < 1.29 is 0 Å². The van der Waals surface area contributed by atoms with E-state index in [1.807, 2.05) is 0 Å². The summed E-state index contributed by atoms with van der Waals surface area (Å²) in [6.07, 6.45) is 0. The van der Waals surface area contributed by atoms with Gasteiger partial charge in [-0.1, -0.05) is 140 Å². The molecule has 234 valence electrons. The summed E-state index contributed by atoms with van der Waals surface area (Å²) in [5.41, 5.74) is 14.4. The van der Waals surface area contributed by atoms with Crippen molar-refractivity contribution in [2.24, 2.45) is 0 Å². The van der Waals surface area contributed by atoms with E-state index in [1.54, 1.807) is 0 Å². The number of para-hydroxylation sites is 3. The van der Waals surface area contributed by atoms with Crippen LogP contribution in [0.5, 0.6) is 0 Å². The minimum atomic E-state index is 1.15. The standard InChI is InChI=1S/C48H32N2/c1-3-13-33(14-4-1)36-25-29-47-42(31-36)43-32-37(34-15-5-2-6-16-34)26-30-48(43)50(47)44-20-10-7-17-39(44)35-23-27-38(28-24-35)49-45-21-11-8-18-40(45)41-19-9-12-22-46(41)49/h1-32H. The Labute approximate surface area is 290 Å². The number of hydrogen-bond donors (Lipinski definition) is 0. The maximum atomic E-state index is 2.45. The van der Waals surface area contributed by atoms with Crippen LogP contribution < -0.4 is 0 Å². The van der Waals surface area contributed by atoms with Gasteiger partial charge in [0.2, 0.25) is 0 Å². The molecule has 2 heterocycles. The lowest BCUT2D eigenvalue weighted by Gasteiger charge is -2.15. The maximum absolute atomic E-state index is 2.45. The van der Waals surface area contributed by atoms with E-state index in [-0.39, 0.29) is 0 Å². The van der Waals surface area contributed by atoms with Gasteiger partial charge in [0.1, 0.15) is 0 Å². The molecule has 0 amide bonds. The Bertz CT molecular complexity index is 2690. The molecule has 10 rings (SSSR count). The van der Waals surface area contributed by atoms with Crippen LogP contribution in [0.2, 0.25) is 0 Å². The molecule has 0 saturated heterocycles.